The van der Waals surface area contributed by atoms with E-state index < -0.39 is 50.0 Å². The summed E-state index contributed by atoms with van der Waals surface area (Å²) in [5.41, 5.74) is 4.94. The van der Waals surface area contributed by atoms with Crippen molar-refractivity contribution >= 4 is 30.6 Å². The molecule has 0 amide bonds. The van der Waals surface area contributed by atoms with Crippen LogP contribution in [0.25, 0.3) is 0 Å². The standard InChI is InChI=1S/C9H8F3IN2O2/c1-4(16)17-15-13-9(14)8-6(11)2-5(10)3-7(8)12/h2-3,15H,14H2,1H3. The van der Waals surface area contributed by atoms with E-state index in [1.807, 2.05) is 0 Å². The third-order valence-electron chi connectivity index (χ3n) is 1.57. The molecule has 0 aliphatic rings. The third-order valence-corrected chi connectivity index (χ3v) is 3.13. The van der Waals surface area contributed by atoms with E-state index in [-0.39, 0.29) is 3.63 Å². The highest BCUT2D eigenvalue weighted by atomic mass is 127. The van der Waals surface area contributed by atoms with Crippen molar-refractivity contribution in [3.05, 3.63) is 35.1 Å². The highest BCUT2D eigenvalue weighted by Gasteiger charge is 2.14. The molecule has 0 bridgehead atoms. The van der Waals surface area contributed by atoms with E-state index in [0.29, 0.717) is 12.1 Å². The molecular formula is C9H8F3IN2O2. The number of halogens is 4. The van der Waals surface area contributed by atoms with Crippen molar-refractivity contribution in [1.82, 2.24) is 3.69 Å². The molecular weight excluding hydrogens is 352 g/mol. The van der Waals surface area contributed by atoms with Crippen LogP contribution in [0.4, 0.5) is 13.2 Å². The zero-order valence-electron chi connectivity index (χ0n) is 8.56. The lowest BCUT2D eigenvalue weighted by atomic mass is 10.2. The minimum atomic E-state index is -1.29. The molecule has 0 aliphatic carbocycles. The summed E-state index contributed by atoms with van der Waals surface area (Å²) < 4.78 is 41.2. The van der Waals surface area contributed by atoms with Gasteiger partial charge in [-0.15, -0.1) is 0 Å². The molecule has 0 spiro atoms. The Bertz CT molecular complexity index is 456. The Labute approximate surface area is 105 Å². The van der Waals surface area contributed by atoms with Gasteiger partial charge in [0.25, 0.3) is 0 Å². The second-order valence-corrected chi connectivity index (χ2v) is 5.00. The summed E-state index contributed by atoms with van der Waals surface area (Å²) in [6.45, 7) is 1.16. The lowest BCUT2D eigenvalue weighted by Gasteiger charge is -2.05. The summed E-state index contributed by atoms with van der Waals surface area (Å²) in [7, 11) is 0. The minimum absolute atomic E-state index is 0.139. The first kappa shape index (κ1) is 14.1. The van der Waals surface area contributed by atoms with Gasteiger partial charge in [0, 0.05) is 40.1 Å². The molecule has 4 nitrogen and oxygen atoms in total. The van der Waals surface area contributed by atoms with Gasteiger partial charge < -0.3 is 4.84 Å². The summed E-state index contributed by atoms with van der Waals surface area (Å²) in [5, 5.41) is 0. The highest BCUT2D eigenvalue weighted by molar-refractivity contribution is 14.2. The molecule has 0 unspecified atom stereocenters. The number of carbonyl (C=O) groups is 1. The maximum atomic E-state index is 13.2. The summed E-state index contributed by atoms with van der Waals surface area (Å²) in [4.78, 5) is 14.8. The molecule has 1 aromatic rings. The number of rotatable bonds is 3. The monoisotopic (exact) mass is 360 g/mol. The number of hydrogen-bond acceptors (Lipinski definition) is 4. The van der Waals surface area contributed by atoms with Gasteiger partial charge in [-0.3, -0.25) is 10.5 Å². The average molecular weight is 360 g/mol. The molecule has 0 saturated carbocycles. The van der Waals surface area contributed by atoms with Crippen LogP contribution in [0, 0.1) is 17.5 Å². The lowest BCUT2D eigenvalue weighted by Crippen LogP contribution is -2.18. The molecule has 0 saturated heterocycles. The van der Waals surface area contributed by atoms with E-state index in [1.165, 1.54) is 0 Å². The third kappa shape index (κ3) is 4.06. The van der Waals surface area contributed by atoms with Crippen LogP contribution < -0.4 is 9.43 Å². The van der Waals surface area contributed by atoms with Crippen LogP contribution in [0.15, 0.2) is 12.1 Å². The van der Waals surface area contributed by atoms with Crippen molar-refractivity contribution < 1.29 is 22.8 Å². The van der Waals surface area contributed by atoms with Crippen molar-refractivity contribution in [2.75, 3.05) is 0 Å². The van der Waals surface area contributed by atoms with E-state index in [9.17, 15) is 18.0 Å². The fraction of sp³-hybridized carbons (Fsp3) is 0.111. The zero-order valence-corrected chi connectivity index (χ0v) is 10.7. The summed E-state index contributed by atoms with van der Waals surface area (Å²) in [6, 6.07) is 1.06. The van der Waals surface area contributed by atoms with E-state index in [1.54, 1.807) is 0 Å². The molecule has 0 fully saturated rings. The Morgan fingerprint density at radius 3 is 2.35 bits per heavy atom. The Morgan fingerprint density at radius 1 is 1.35 bits per heavy atom. The number of hydrogen-bond donors (Lipinski definition) is 2. The first-order valence-electron chi connectivity index (χ1n) is 4.25. The zero-order chi connectivity index (χ0) is 13.0. The van der Waals surface area contributed by atoms with E-state index in [4.69, 9.17) is 5.73 Å². The Kier molecular flexibility index (Phi) is 5.02. The normalized spacial score (nSPS) is 11.9. The first-order valence-corrected chi connectivity index (χ1v) is 6.41. The first-order chi connectivity index (χ1) is 7.91. The van der Waals surface area contributed by atoms with Gasteiger partial charge in [0.15, 0.2) is 0 Å². The van der Waals surface area contributed by atoms with Gasteiger partial charge in [0.1, 0.15) is 17.5 Å². The van der Waals surface area contributed by atoms with Crippen LogP contribution in [-0.4, -0.2) is 9.60 Å². The van der Waals surface area contributed by atoms with E-state index in [0.717, 1.165) is 6.92 Å². The van der Waals surface area contributed by atoms with E-state index >= 15 is 0 Å². The van der Waals surface area contributed by atoms with Crippen molar-refractivity contribution in [3.8, 4) is 0 Å². The topological polar surface area (TPSA) is 64.3 Å². The van der Waals surface area contributed by atoms with Gasteiger partial charge in [-0.05, 0) is 0 Å². The van der Waals surface area contributed by atoms with Gasteiger partial charge in [0.2, 0.25) is 0 Å². The molecule has 0 aromatic heterocycles. The van der Waals surface area contributed by atoms with Crippen LogP contribution in [0.5, 0.6) is 0 Å². The van der Waals surface area contributed by atoms with Gasteiger partial charge in [-0.1, -0.05) is 3.69 Å². The van der Waals surface area contributed by atoms with Gasteiger partial charge >= 0.3 is 5.97 Å². The predicted molar refractivity (Wildman–Crippen MR) is 63.5 cm³/mol. The molecule has 17 heavy (non-hydrogen) atoms. The molecule has 0 aliphatic heterocycles. The van der Waals surface area contributed by atoms with Gasteiger partial charge in [0.05, 0.1) is 9.20 Å². The molecule has 1 rings (SSSR count). The quantitative estimate of drug-likeness (QED) is 0.487. The number of nitrogens with two attached hydrogens (primary N) is 1. The van der Waals surface area contributed by atoms with Crippen molar-refractivity contribution in [3.63, 3.8) is 0 Å². The van der Waals surface area contributed by atoms with Crippen molar-refractivity contribution in [1.29, 1.82) is 0 Å². The Balaban J connectivity index is 2.96. The van der Waals surface area contributed by atoms with Crippen LogP contribution in [-0.2, 0) is 9.63 Å². The van der Waals surface area contributed by atoms with Crippen LogP contribution >= 0.6 is 21.0 Å². The fourth-order valence-corrected chi connectivity index (χ4v) is 2.38. The minimum Gasteiger partial charge on any atom is -0.362 e. The lowest BCUT2D eigenvalue weighted by molar-refractivity contribution is -0.143. The molecule has 94 valence electrons. The smallest absolute Gasteiger partial charge is 0.322 e. The number of nitrogens with one attached hydrogen (secondary N) is 1. The Morgan fingerprint density at radius 2 is 1.88 bits per heavy atom. The van der Waals surface area contributed by atoms with Crippen molar-refractivity contribution in [2.45, 2.75) is 6.92 Å². The maximum absolute atomic E-state index is 13.2. The van der Waals surface area contributed by atoms with Crippen LogP contribution in [0.3, 0.4) is 0 Å². The second-order valence-electron chi connectivity index (χ2n) is 2.86. The average Bonchev–Trinajstić information content (AvgIpc) is 2.14. The second kappa shape index (κ2) is 6.07. The Hall–Kier alpha value is -1.00. The molecule has 0 radical (unpaired) electrons. The molecule has 8 heteroatoms. The SMILES string of the molecule is CC(=O)ONI=C(N)c1c(F)cc(F)cc1F. The van der Waals surface area contributed by atoms with E-state index in [2.05, 4.69) is 8.53 Å². The molecule has 0 heterocycles. The molecule has 0 atom stereocenters. The summed E-state index contributed by atoms with van der Waals surface area (Å²) in [6.07, 6.45) is 0. The predicted octanol–water partition coefficient (Wildman–Crippen LogP) is 1.49. The fourth-order valence-electron chi connectivity index (χ4n) is 0.933. The van der Waals surface area contributed by atoms with Gasteiger partial charge in [-0.25, -0.2) is 13.2 Å². The van der Waals surface area contributed by atoms with Gasteiger partial charge in [-0.2, -0.15) is 0 Å². The molecule has 1 aromatic carbocycles. The molecule has 3 N–H and O–H groups in total. The summed E-state index contributed by atoms with van der Waals surface area (Å²) >= 11 is -1.29. The number of carbonyl (C=O) groups excluding carboxylic acids is 1. The number of benzene rings is 1. The summed E-state index contributed by atoms with van der Waals surface area (Å²) in [5.74, 6) is -3.81. The van der Waals surface area contributed by atoms with Crippen LogP contribution in [0.1, 0.15) is 12.5 Å². The highest BCUT2D eigenvalue weighted by Crippen LogP contribution is 2.16. The van der Waals surface area contributed by atoms with Crippen molar-refractivity contribution in [2.24, 2.45) is 5.73 Å². The largest absolute Gasteiger partial charge is 0.362 e. The maximum Gasteiger partial charge on any atom is 0.322 e. The van der Waals surface area contributed by atoms with Crippen LogP contribution in [0.2, 0.25) is 0 Å².